The Morgan fingerprint density at radius 3 is 2.84 bits per heavy atom. The Morgan fingerprint density at radius 2 is 2.11 bits per heavy atom. The van der Waals surface area contributed by atoms with E-state index in [0.29, 0.717) is 6.61 Å². The number of aromatic nitrogens is 1. The first-order valence-corrected chi connectivity index (χ1v) is 7.00. The SMILES string of the molecule is CC(N)Cc1ccccc1OCc1cncc(Br)c1. The van der Waals surface area contributed by atoms with Gasteiger partial charge in [-0.3, -0.25) is 4.98 Å². The fourth-order valence-electron chi connectivity index (χ4n) is 1.86. The normalized spacial score (nSPS) is 12.2. The van der Waals surface area contributed by atoms with Gasteiger partial charge in [0.05, 0.1) is 0 Å². The lowest BCUT2D eigenvalue weighted by Gasteiger charge is -2.13. The summed E-state index contributed by atoms with van der Waals surface area (Å²) < 4.78 is 6.82. The Balaban J connectivity index is 2.07. The molecule has 2 N–H and O–H groups in total. The summed E-state index contributed by atoms with van der Waals surface area (Å²) >= 11 is 3.40. The summed E-state index contributed by atoms with van der Waals surface area (Å²) in [6, 6.07) is 10.1. The molecule has 19 heavy (non-hydrogen) atoms. The number of benzene rings is 1. The summed E-state index contributed by atoms with van der Waals surface area (Å²) in [6.45, 7) is 2.50. The number of pyridine rings is 1. The van der Waals surface area contributed by atoms with Crippen LogP contribution in [0, 0.1) is 0 Å². The largest absolute Gasteiger partial charge is 0.489 e. The van der Waals surface area contributed by atoms with Gasteiger partial charge in [0.15, 0.2) is 0 Å². The van der Waals surface area contributed by atoms with E-state index in [1.807, 2.05) is 31.2 Å². The molecular formula is C15H17BrN2O. The lowest BCUT2D eigenvalue weighted by atomic mass is 10.1. The summed E-state index contributed by atoms with van der Waals surface area (Å²) in [4.78, 5) is 4.12. The first kappa shape index (κ1) is 14.0. The summed E-state index contributed by atoms with van der Waals surface area (Å²) in [6.07, 6.45) is 4.37. The van der Waals surface area contributed by atoms with Gasteiger partial charge in [-0.1, -0.05) is 18.2 Å². The van der Waals surface area contributed by atoms with Crippen LogP contribution < -0.4 is 10.5 Å². The first-order chi connectivity index (χ1) is 9.15. The molecule has 4 heteroatoms. The summed E-state index contributed by atoms with van der Waals surface area (Å²) in [7, 11) is 0. The lowest BCUT2D eigenvalue weighted by molar-refractivity contribution is 0.302. The minimum atomic E-state index is 0.122. The Kier molecular flexibility index (Phi) is 4.93. The second-order valence-corrected chi connectivity index (χ2v) is 5.50. The number of hydrogen-bond acceptors (Lipinski definition) is 3. The maximum atomic E-state index is 5.86. The number of nitrogens with two attached hydrogens (primary N) is 1. The third-order valence-corrected chi connectivity index (χ3v) is 3.10. The van der Waals surface area contributed by atoms with Crippen molar-refractivity contribution >= 4 is 15.9 Å². The van der Waals surface area contributed by atoms with Crippen molar-refractivity contribution in [2.75, 3.05) is 0 Å². The molecule has 0 amide bonds. The molecule has 1 atom stereocenters. The number of nitrogens with zero attached hydrogens (tertiary/aromatic N) is 1. The molecule has 1 aromatic heterocycles. The Labute approximate surface area is 121 Å². The van der Waals surface area contributed by atoms with E-state index < -0.39 is 0 Å². The molecule has 0 saturated heterocycles. The molecule has 2 rings (SSSR count). The molecule has 1 unspecified atom stereocenters. The van der Waals surface area contributed by atoms with Gasteiger partial charge in [0.25, 0.3) is 0 Å². The topological polar surface area (TPSA) is 48.1 Å². The average Bonchev–Trinajstić information content (AvgIpc) is 2.37. The smallest absolute Gasteiger partial charge is 0.123 e. The summed E-state index contributed by atoms with van der Waals surface area (Å²) in [5, 5.41) is 0. The minimum Gasteiger partial charge on any atom is -0.489 e. The van der Waals surface area contributed by atoms with Crippen molar-refractivity contribution in [3.8, 4) is 5.75 Å². The van der Waals surface area contributed by atoms with Crippen LogP contribution in [-0.4, -0.2) is 11.0 Å². The van der Waals surface area contributed by atoms with E-state index in [1.54, 1.807) is 12.4 Å². The molecule has 1 heterocycles. The van der Waals surface area contributed by atoms with Crippen molar-refractivity contribution in [2.24, 2.45) is 5.73 Å². The number of halogens is 1. The van der Waals surface area contributed by atoms with Crippen LogP contribution in [0.3, 0.4) is 0 Å². The van der Waals surface area contributed by atoms with Crippen LogP contribution in [0.25, 0.3) is 0 Å². The van der Waals surface area contributed by atoms with Crippen LogP contribution in [0.4, 0.5) is 0 Å². The monoisotopic (exact) mass is 320 g/mol. The van der Waals surface area contributed by atoms with Crippen molar-refractivity contribution in [1.82, 2.24) is 4.98 Å². The zero-order valence-corrected chi connectivity index (χ0v) is 12.4. The second-order valence-electron chi connectivity index (χ2n) is 4.59. The van der Waals surface area contributed by atoms with Crippen molar-refractivity contribution in [1.29, 1.82) is 0 Å². The van der Waals surface area contributed by atoms with Gasteiger partial charge in [-0.15, -0.1) is 0 Å². The van der Waals surface area contributed by atoms with E-state index in [1.165, 1.54) is 0 Å². The van der Waals surface area contributed by atoms with Gasteiger partial charge in [-0.25, -0.2) is 0 Å². The maximum absolute atomic E-state index is 5.86. The number of hydrogen-bond donors (Lipinski definition) is 1. The van der Waals surface area contributed by atoms with Gasteiger partial charge < -0.3 is 10.5 Å². The highest BCUT2D eigenvalue weighted by atomic mass is 79.9. The van der Waals surface area contributed by atoms with Crippen LogP contribution in [0.1, 0.15) is 18.1 Å². The Bertz CT molecular complexity index is 543. The van der Waals surface area contributed by atoms with Gasteiger partial charge in [-0.05, 0) is 47.0 Å². The van der Waals surface area contributed by atoms with Crippen LogP contribution in [0.15, 0.2) is 47.2 Å². The second kappa shape index (κ2) is 6.68. The van der Waals surface area contributed by atoms with Gasteiger partial charge in [0.1, 0.15) is 12.4 Å². The van der Waals surface area contributed by atoms with E-state index in [0.717, 1.165) is 27.8 Å². The number of ether oxygens (including phenoxy) is 1. The molecule has 0 saturated carbocycles. The molecule has 0 aliphatic heterocycles. The van der Waals surface area contributed by atoms with E-state index in [-0.39, 0.29) is 6.04 Å². The molecule has 0 radical (unpaired) electrons. The predicted molar refractivity (Wildman–Crippen MR) is 80.1 cm³/mol. The molecule has 100 valence electrons. The Hall–Kier alpha value is -1.39. The minimum absolute atomic E-state index is 0.122. The van der Waals surface area contributed by atoms with Crippen molar-refractivity contribution < 1.29 is 4.74 Å². The Morgan fingerprint density at radius 1 is 1.32 bits per heavy atom. The van der Waals surface area contributed by atoms with Crippen molar-refractivity contribution in [3.05, 3.63) is 58.3 Å². The van der Waals surface area contributed by atoms with Crippen LogP contribution >= 0.6 is 15.9 Å². The molecule has 3 nitrogen and oxygen atoms in total. The fourth-order valence-corrected chi connectivity index (χ4v) is 2.27. The van der Waals surface area contributed by atoms with E-state index in [4.69, 9.17) is 10.5 Å². The molecule has 0 bridgehead atoms. The van der Waals surface area contributed by atoms with E-state index >= 15 is 0 Å². The summed E-state index contributed by atoms with van der Waals surface area (Å²) in [5.74, 6) is 0.889. The molecule has 0 aliphatic rings. The van der Waals surface area contributed by atoms with Gasteiger partial charge in [0.2, 0.25) is 0 Å². The lowest BCUT2D eigenvalue weighted by Crippen LogP contribution is -2.18. The number of rotatable bonds is 5. The molecule has 0 spiro atoms. The standard InChI is InChI=1S/C15H17BrN2O/c1-11(17)6-13-4-2-3-5-15(13)19-10-12-7-14(16)9-18-8-12/h2-5,7-9,11H,6,10,17H2,1H3. The highest BCUT2D eigenvalue weighted by Gasteiger charge is 2.06. The number of para-hydroxylation sites is 1. The fraction of sp³-hybridized carbons (Fsp3) is 0.267. The van der Waals surface area contributed by atoms with Crippen molar-refractivity contribution in [2.45, 2.75) is 26.0 Å². The van der Waals surface area contributed by atoms with Crippen LogP contribution in [-0.2, 0) is 13.0 Å². The van der Waals surface area contributed by atoms with Gasteiger partial charge in [-0.2, -0.15) is 0 Å². The van der Waals surface area contributed by atoms with Crippen LogP contribution in [0.5, 0.6) is 5.75 Å². The highest BCUT2D eigenvalue weighted by Crippen LogP contribution is 2.21. The third-order valence-electron chi connectivity index (χ3n) is 2.67. The average molecular weight is 321 g/mol. The quantitative estimate of drug-likeness (QED) is 0.919. The maximum Gasteiger partial charge on any atom is 0.123 e. The first-order valence-electron chi connectivity index (χ1n) is 6.21. The highest BCUT2D eigenvalue weighted by molar-refractivity contribution is 9.10. The molecule has 0 aliphatic carbocycles. The molecule has 0 fully saturated rings. The van der Waals surface area contributed by atoms with Crippen LogP contribution in [0.2, 0.25) is 0 Å². The molecular weight excluding hydrogens is 304 g/mol. The van der Waals surface area contributed by atoms with Gasteiger partial charge >= 0.3 is 0 Å². The molecule has 1 aromatic carbocycles. The summed E-state index contributed by atoms with van der Waals surface area (Å²) in [5.41, 5.74) is 8.02. The van der Waals surface area contributed by atoms with E-state index in [9.17, 15) is 0 Å². The van der Waals surface area contributed by atoms with E-state index in [2.05, 4.69) is 27.0 Å². The third kappa shape index (κ3) is 4.33. The zero-order valence-electron chi connectivity index (χ0n) is 10.8. The van der Waals surface area contributed by atoms with Gasteiger partial charge in [0, 0.05) is 28.5 Å². The van der Waals surface area contributed by atoms with Crippen molar-refractivity contribution in [3.63, 3.8) is 0 Å². The predicted octanol–water partition coefficient (Wildman–Crippen LogP) is 3.31. The molecule has 2 aromatic rings. The zero-order chi connectivity index (χ0) is 13.7.